The highest BCUT2D eigenvalue weighted by Gasteiger charge is 2.22. The first kappa shape index (κ1) is 77.2. The fraction of sp³-hybridized carbons (Fsp3) is 0.425. The van der Waals surface area contributed by atoms with Crippen molar-refractivity contribution < 1.29 is 47.8 Å². The van der Waals surface area contributed by atoms with Gasteiger partial charge in [0.1, 0.15) is 37.7 Å². The molecule has 0 aromatic heterocycles. The van der Waals surface area contributed by atoms with E-state index in [4.69, 9.17) is 9.47 Å². The van der Waals surface area contributed by atoms with Crippen molar-refractivity contribution in [2.24, 2.45) is 0 Å². The number of methoxy groups -OCH3 is 2. The summed E-state index contributed by atoms with van der Waals surface area (Å²) in [5.74, 6) is 5.92. The molecule has 0 bridgehead atoms. The minimum absolute atomic E-state index is 0.131. The molecule has 0 radical (unpaired) electrons. The van der Waals surface area contributed by atoms with Gasteiger partial charge in [-0.3, -0.25) is 38.4 Å². The van der Waals surface area contributed by atoms with Crippen LogP contribution in [0.1, 0.15) is 170 Å². The Morgan fingerprint density at radius 1 is 0.306 bits per heavy atom. The lowest BCUT2D eigenvalue weighted by Gasteiger charge is -2.22. The Morgan fingerprint density at radius 2 is 0.582 bits per heavy atom. The van der Waals surface area contributed by atoms with Crippen LogP contribution in [-0.2, 0) is 54.5 Å². The normalized spacial score (nSPS) is 10.7. The van der Waals surface area contributed by atoms with Crippen LogP contribution >= 0.6 is 0 Å². The van der Waals surface area contributed by atoms with Crippen LogP contribution in [0.3, 0.4) is 0 Å². The molecule has 18 heteroatoms. The monoisotopic (exact) mass is 1330 g/mol. The molecule has 6 rings (SSSR count). The van der Waals surface area contributed by atoms with E-state index in [1.807, 2.05) is 133 Å². The molecule has 522 valence electrons. The maximum absolute atomic E-state index is 13.4. The summed E-state index contributed by atoms with van der Waals surface area (Å²) in [4.78, 5) is 107. The lowest BCUT2D eigenvalue weighted by atomic mass is 10.1. The van der Waals surface area contributed by atoms with Gasteiger partial charge in [0.15, 0.2) is 0 Å². The van der Waals surface area contributed by atoms with Crippen molar-refractivity contribution in [1.29, 1.82) is 0 Å². The van der Waals surface area contributed by atoms with Crippen LogP contribution in [0.2, 0.25) is 0 Å². The van der Waals surface area contributed by atoms with Crippen molar-refractivity contribution in [2.75, 3.05) is 79.7 Å². The van der Waals surface area contributed by atoms with Crippen molar-refractivity contribution in [3.05, 3.63) is 202 Å². The summed E-state index contributed by atoms with van der Waals surface area (Å²) in [5, 5.41) is 17.6. The van der Waals surface area contributed by atoms with Gasteiger partial charge in [0.2, 0.25) is 35.4 Å². The molecule has 0 spiro atoms. The molecule has 6 aromatic carbocycles. The number of rotatable bonds is 46. The molecule has 0 fully saturated rings. The quantitative estimate of drug-likeness (QED) is 0.0156. The fourth-order valence-corrected chi connectivity index (χ4v) is 11.0. The standard InChI is InChI=1S/C80H102N8O10/c1-97-71-45-37-67(38-46-71)51-57-83-75(91)61-87(59-73(89)81-55-49-63-25-17-15-18-26-63)77(93)29-21-11-7-3-5-9-13-23-53-85-79(95)69-41-33-65(34-42-69)31-32-66-35-43-70(44-36-66)80(96)86-54-24-14-10-6-4-8-12-22-30-78(94)88(60-74(90)82-56-50-64-27-19-16-20-28-64)62-76(92)84-58-52-68-39-47-72(98-2)48-40-68/h15-20,25-28,33-48H,3-14,21-24,29-30,49-62H2,1-2H3,(H,81,89)(H,82,90)(H,83,91)(H,84,92)(H,85,95)(H,86,96). The van der Waals surface area contributed by atoms with E-state index in [0.29, 0.717) is 88.9 Å². The van der Waals surface area contributed by atoms with Crippen LogP contribution in [0.4, 0.5) is 0 Å². The van der Waals surface area contributed by atoms with Crippen molar-refractivity contribution in [3.8, 4) is 23.3 Å². The third-order valence-corrected chi connectivity index (χ3v) is 16.8. The van der Waals surface area contributed by atoms with E-state index in [0.717, 1.165) is 135 Å². The van der Waals surface area contributed by atoms with Gasteiger partial charge in [-0.15, -0.1) is 0 Å². The summed E-state index contributed by atoms with van der Waals surface area (Å²) in [6.45, 7) is 2.10. The van der Waals surface area contributed by atoms with E-state index < -0.39 is 0 Å². The Labute approximate surface area is 580 Å². The minimum Gasteiger partial charge on any atom is -0.497 e. The molecule has 0 aliphatic heterocycles. The Hall–Kier alpha value is -9.76. The zero-order valence-electron chi connectivity index (χ0n) is 57.6. The van der Waals surface area contributed by atoms with E-state index in [1.165, 1.54) is 9.80 Å². The molecule has 0 heterocycles. The van der Waals surface area contributed by atoms with Gasteiger partial charge in [-0.2, -0.15) is 0 Å². The molecule has 98 heavy (non-hydrogen) atoms. The molecule has 0 aliphatic rings. The summed E-state index contributed by atoms with van der Waals surface area (Å²) in [6, 6.07) is 49.4. The van der Waals surface area contributed by atoms with Crippen LogP contribution in [0.25, 0.3) is 0 Å². The summed E-state index contributed by atoms with van der Waals surface area (Å²) in [6.07, 6.45) is 18.2. The Morgan fingerprint density at radius 3 is 0.878 bits per heavy atom. The van der Waals surface area contributed by atoms with Gasteiger partial charge in [-0.1, -0.05) is 174 Å². The lowest BCUT2D eigenvalue weighted by Crippen LogP contribution is -2.46. The van der Waals surface area contributed by atoms with Gasteiger partial charge < -0.3 is 51.2 Å². The third-order valence-electron chi connectivity index (χ3n) is 16.8. The number of carbonyl (C=O) groups is 8. The molecule has 0 atom stereocenters. The number of nitrogens with zero attached hydrogens (tertiary/aromatic N) is 2. The highest BCUT2D eigenvalue weighted by Crippen LogP contribution is 2.16. The molecule has 0 unspecified atom stereocenters. The van der Waals surface area contributed by atoms with Crippen LogP contribution < -0.4 is 41.4 Å². The second-order valence-electron chi connectivity index (χ2n) is 24.6. The van der Waals surface area contributed by atoms with E-state index in [2.05, 4.69) is 43.7 Å². The maximum atomic E-state index is 13.4. The molecule has 0 saturated carbocycles. The van der Waals surface area contributed by atoms with Gasteiger partial charge in [-0.05, 0) is 146 Å². The Balaban J connectivity index is 0.769. The second-order valence-corrected chi connectivity index (χ2v) is 24.6. The summed E-state index contributed by atoms with van der Waals surface area (Å²) < 4.78 is 10.5. The van der Waals surface area contributed by atoms with Crippen molar-refractivity contribution in [3.63, 3.8) is 0 Å². The van der Waals surface area contributed by atoms with Gasteiger partial charge in [0.05, 0.1) is 14.2 Å². The predicted octanol–water partition coefficient (Wildman–Crippen LogP) is 10.7. The van der Waals surface area contributed by atoms with Gasteiger partial charge >= 0.3 is 0 Å². The number of amides is 8. The molecular weight excluding hydrogens is 1230 g/mol. The Bertz CT molecular complexity index is 3190. The highest BCUT2D eigenvalue weighted by molar-refractivity contribution is 5.95. The predicted molar refractivity (Wildman–Crippen MR) is 386 cm³/mol. The maximum Gasteiger partial charge on any atom is 0.251 e. The first-order chi connectivity index (χ1) is 47.8. The molecular formula is C80H102N8O10. The third kappa shape index (κ3) is 32.3. The lowest BCUT2D eigenvalue weighted by molar-refractivity contribution is -0.139. The average Bonchev–Trinajstić information content (AvgIpc) is 1.89. The van der Waals surface area contributed by atoms with Crippen molar-refractivity contribution in [1.82, 2.24) is 41.7 Å². The number of ether oxygens (including phenoxy) is 2. The molecule has 18 nitrogen and oxygen atoms in total. The number of benzene rings is 6. The number of carbonyl (C=O) groups excluding carboxylic acids is 8. The van der Waals surface area contributed by atoms with Crippen LogP contribution in [0.5, 0.6) is 11.5 Å². The molecule has 6 N–H and O–H groups in total. The minimum atomic E-state index is -0.307. The van der Waals surface area contributed by atoms with E-state index >= 15 is 0 Å². The average molecular weight is 1340 g/mol. The summed E-state index contributed by atoms with van der Waals surface area (Å²) >= 11 is 0. The Kier molecular flexibility index (Phi) is 36.6. The SMILES string of the molecule is COc1ccc(CCNC(=O)CN(CC(=O)NCCc2ccccc2)C(=O)CCCCCCCCCCNC(=O)c2ccc(C#Cc3ccc(C(=O)NCCCCCCCCCCC(=O)N(CC(=O)NCCc4ccccc4)CC(=O)NCCc4ccc(OC)cc4)cc3)cc2)cc1. The van der Waals surface area contributed by atoms with Crippen LogP contribution in [0, 0.1) is 11.8 Å². The molecule has 8 amide bonds. The number of unbranched alkanes of at least 4 members (excludes halogenated alkanes) is 14. The van der Waals surface area contributed by atoms with Gasteiger partial charge in [0, 0.05) is 74.4 Å². The van der Waals surface area contributed by atoms with Crippen molar-refractivity contribution >= 4 is 47.3 Å². The number of nitrogens with one attached hydrogen (secondary N) is 6. The van der Waals surface area contributed by atoms with E-state index in [1.54, 1.807) is 38.5 Å². The first-order valence-corrected chi connectivity index (χ1v) is 35.1. The second kappa shape index (κ2) is 46.4. The molecule has 0 aliphatic carbocycles. The summed E-state index contributed by atoms with van der Waals surface area (Å²) in [5.41, 5.74) is 6.96. The fourth-order valence-electron chi connectivity index (χ4n) is 11.0. The van der Waals surface area contributed by atoms with Gasteiger partial charge in [-0.25, -0.2) is 0 Å². The zero-order valence-corrected chi connectivity index (χ0v) is 57.6. The summed E-state index contributed by atoms with van der Waals surface area (Å²) in [7, 11) is 3.23. The first-order valence-electron chi connectivity index (χ1n) is 35.1. The zero-order chi connectivity index (χ0) is 69.6. The van der Waals surface area contributed by atoms with Gasteiger partial charge in [0.25, 0.3) is 11.8 Å². The molecule has 6 aromatic rings. The van der Waals surface area contributed by atoms with Crippen LogP contribution in [0.15, 0.2) is 158 Å². The largest absolute Gasteiger partial charge is 0.497 e. The highest BCUT2D eigenvalue weighted by atomic mass is 16.5. The van der Waals surface area contributed by atoms with E-state index in [9.17, 15) is 38.4 Å². The number of hydrogen-bond acceptors (Lipinski definition) is 10. The molecule has 0 saturated heterocycles. The van der Waals surface area contributed by atoms with Crippen LogP contribution in [-0.4, -0.2) is 137 Å². The topological polar surface area (TPSA) is 234 Å². The van der Waals surface area contributed by atoms with E-state index in [-0.39, 0.29) is 86.3 Å². The van der Waals surface area contributed by atoms with Crippen molar-refractivity contribution in [2.45, 2.75) is 141 Å². The number of hydrogen-bond donors (Lipinski definition) is 6. The smallest absolute Gasteiger partial charge is 0.251 e.